The van der Waals surface area contributed by atoms with E-state index in [1.165, 1.54) is 30.9 Å². The number of phenolic OH excluding ortho intramolecular Hbond substituents is 2. The Morgan fingerprint density at radius 1 is 0.987 bits per heavy atom. The van der Waals surface area contributed by atoms with Crippen LogP contribution in [-0.4, -0.2) is 86.0 Å². The smallest absolute Gasteiger partial charge is 0.302 e. The number of allylic oxidation sites excluding steroid dienone is 3. The molecule has 12 rings (SSSR count). The summed E-state index contributed by atoms with van der Waals surface area (Å²) in [5.74, 6) is 11.6. The molecule has 0 aromatic heterocycles. The van der Waals surface area contributed by atoms with E-state index in [1.807, 2.05) is 27.7 Å². The van der Waals surface area contributed by atoms with Crippen LogP contribution in [0.1, 0.15) is 128 Å². The molecule has 10 atom stereocenters. The number of phenols is 2. The molecule has 0 amide bonds. The lowest BCUT2D eigenvalue weighted by atomic mass is 9.64. The molecule has 3 aliphatic carbocycles. The van der Waals surface area contributed by atoms with Crippen LogP contribution in [0.5, 0.6) is 28.7 Å². The van der Waals surface area contributed by atoms with Crippen molar-refractivity contribution in [1.82, 2.24) is 16.0 Å². The summed E-state index contributed by atoms with van der Waals surface area (Å²) in [6, 6.07) is 19.0. The van der Waals surface area contributed by atoms with Gasteiger partial charge in [-0.3, -0.25) is 4.79 Å². The summed E-state index contributed by atoms with van der Waals surface area (Å²) in [5.41, 5.74) is 18.0. The average Bonchev–Trinajstić information content (AvgIpc) is 3.71. The Morgan fingerprint density at radius 2 is 1.86 bits per heavy atom. The summed E-state index contributed by atoms with van der Waals surface area (Å²) < 4.78 is 33.0. The van der Waals surface area contributed by atoms with E-state index in [9.17, 15) is 15.0 Å². The van der Waals surface area contributed by atoms with Crippen molar-refractivity contribution >= 4 is 33.6 Å². The van der Waals surface area contributed by atoms with Gasteiger partial charge in [-0.25, -0.2) is 0 Å². The zero-order valence-corrected chi connectivity index (χ0v) is 47.5. The van der Waals surface area contributed by atoms with Crippen LogP contribution in [0.2, 0.25) is 0 Å². The first-order valence-electron chi connectivity index (χ1n) is 28.9. The minimum absolute atomic E-state index is 0.0725. The highest BCUT2D eigenvalue weighted by Crippen LogP contribution is 2.64. The van der Waals surface area contributed by atoms with Crippen LogP contribution in [0.25, 0.3) is 17.2 Å². The number of unbranched alkanes of at least 4 members (excludes halogenated alkanes) is 1. The maximum absolute atomic E-state index is 13.1. The molecular formula is C65H76N4O8S2. The SMILES string of the molecule is COCCCCNCc1c(O)c2c(c3c1CC#CC1=C(C=CC(N)N1)[C@@H](CCc1ccccc1)[C@H]1CC[C@@]4(Cc5cc(O)cc(OC)c5-c5ccc6c(c54)O[C@H]3[C@H]6COC(C)=O)C1)C=C[C@@H]1N[C@H]3CCC[C@@H](CSSC[C@@H]1O2)C3. The number of hydrogen-bond acceptors (Lipinski definition) is 14. The predicted molar refractivity (Wildman–Crippen MR) is 315 cm³/mol. The number of aryl methyl sites for hydroxylation is 1. The van der Waals surface area contributed by atoms with Crippen LogP contribution in [0.15, 0.2) is 84.1 Å². The molecule has 1 saturated heterocycles. The van der Waals surface area contributed by atoms with Gasteiger partial charge in [0.1, 0.15) is 36.1 Å². The summed E-state index contributed by atoms with van der Waals surface area (Å²) in [6.07, 6.45) is 19.3. The molecule has 416 valence electrons. The van der Waals surface area contributed by atoms with Crippen LogP contribution >= 0.6 is 21.6 Å². The van der Waals surface area contributed by atoms with Crippen LogP contribution < -0.4 is 35.9 Å². The molecule has 2 saturated carbocycles. The minimum Gasteiger partial charge on any atom is -0.508 e. The van der Waals surface area contributed by atoms with Crippen LogP contribution in [-0.2, 0) is 45.5 Å². The Kier molecular flexibility index (Phi) is 16.1. The Bertz CT molecular complexity index is 3110. The summed E-state index contributed by atoms with van der Waals surface area (Å²) in [7, 11) is 7.21. The van der Waals surface area contributed by atoms with E-state index in [4.69, 9.17) is 29.4 Å². The number of nitrogens with one attached hydrogen (secondary N) is 3. The van der Waals surface area contributed by atoms with Crippen molar-refractivity contribution in [2.24, 2.45) is 23.5 Å². The van der Waals surface area contributed by atoms with Crippen molar-refractivity contribution < 1.29 is 38.7 Å². The van der Waals surface area contributed by atoms with Gasteiger partial charge in [0.15, 0.2) is 11.5 Å². The number of nitrogens with two attached hydrogens (primary N) is 1. The normalized spacial score (nSPS) is 28.0. The number of carbonyl (C=O) groups is 1. The third-order valence-corrected chi connectivity index (χ3v) is 20.9. The van der Waals surface area contributed by atoms with E-state index in [0.29, 0.717) is 55.1 Å². The van der Waals surface area contributed by atoms with Crippen LogP contribution in [0.3, 0.4) is 0 Å². The van der Waals surface area contributed by atoms with E-state index in [2.05, 4.69) is 94.6 Å². The standard InChI is InChI=1S/C65H76N4O8S2/c1-38(70)75-35-52-48-19-20-49-58-42(30-44(71)31-55(58)74-3)33-65-26-25-41(32-65)45(18-17-39-11-5-4-6-12-39)46-22-24-57(66)69-53(46)16-10-15-47-51(34-67-27-7-8-28-73-2)61(72)64-50(59(47)62(52)77-63(48)60(49)65)21-23-54-56(76-64)37-79-78-36-40-13-9-14-43(29-40)68-54/h4-6,11-12,19-24,30-31,40-41,43,45,52,54,56-57,62,67-69,71-72H,7-9,13-15,17-18,25-29,32-37,66H2,1-3H3/t40-,41+,43+,45+,52+,54+,56+,57?,62+,65+/m1/s1. The second-order valence-corrected chi connectivity index (χ2v) is 25.9. The summed E-state index contributed by atoms with van der Waals surface area (Å²) in [6.45, 7) is 3.26. The molecular weight excluding hydrogens is 1030 g/mol. The molecule has 5 aliphatic heterocycles. The molecule has 8 aliphatic rings. The molecule has 79 heavy (non-hydrogen) atoms. The molecule has 7 N–H and O–H groups in total. The van der Waals surface area contributed by atoms with Gasteiger partial charge >= 0.3 is 5.97 Å². The number of benzene rings is 4. The van der Waals surface area contributed by atoms with Crippen molar-refractivity contribution in [3.8, 4) is 51.7 Å². The highest BCUT2D eigenvalue weighted by Gasteiger charge is 2.53. The van der Waals surface area contributed by atoms with Gasteiger partial charge in [0, 0.05) is 96.0 Å². The number of aromatic hydroxyl groups is 2. The number of fused-ring (bicyclic) bond motifs is 11. The molecule has 14 heteroatoms. The highest BCUT2D eigenvalue weighted by molar-refractivity contribution is 8.76. The molecule has 4 aromatic rings. The lowest BCUT2D eigenvalue weighted by Gasteiger charge is -2.40. The van der Waals surface area contributed by atoms with Gasteiger partial charge in [-0.15, -0.1) is 0 Å². The molecule has 6 bridgehead atoms. The largest absolute Gasteiger partial charge is 0.508 e. The fraction of sp³-hybridized carbons (Fsp3) is 0.492. The van der Waals surface area contributed by atoms with Gasteiger partial charge in [0.05, 0.1) is 30.9 Å². The van der Waals surface area contributed by atoms with Crippen LogP contribution in [0, 0.1) is 29.6 Å². The Balaban J connectivity index is 1.10. The Morgan fingerprint density at radius 3 is 2.71 bits per heavy atom. The summed E-state index contributed by atoms with van der Waals surface area (Å²) in [5, 5.41) is 35.9. The van der Waals surface area contributed by atoms with Crippen molar-refractivity contribution in [3.05, 3.63) is 129 Å². The lowest BCUT2D eigenvalue weighted by molar-refractivity contribution is -0.141. The maximum atomic E-state index is 13.1. The van der Waals surface area contributed by atoms with Gasteiger partial charge in [0.2, 0.25) is 0 Å². The molecule has 0 radical (unpaired) electrons. The van der Waals surface area contributed by atoms with Gasteiger partial charge in [-0.05, 0) is 141 Å². The number of carbonyl (C=O) groups excluding carboxylic acids is 1. The van der Waals surface area contributed by atoms with E-state index in [1.54, 1.807) is 20.3 Å². The monoisotopic (exact) mass is 1100 g/mol. The quantitative estimate of drug-likeness (QED) is 0.0324. The number of dihydropyridines is 1. The van der Waals surface area contributed by atoms with Crippen molar-refractivity contribution in [1.29, 1.82) is 0 Å². The van der Waals surface area contributed by atoms with Crippen molar-refractivity contribution in [3.63, 3.8) is 0 Å². The predicted octanol–water partition coefficient (Wildman–Crippen LogP) is 10.9. The number of ether oxygens (including phenoxy) is 5. The number of rotatable bonds is 13. The topological polar surface area (TPSA) is 166 Å². The average molecular weight is 1110 g/mol. The second kappa shape index (κ2) is 23.5. The van der Waals surface area contributed by atoms with Crippen molar-refractivity contribution in [2.45, 2.75) is 139 Å². The fourth-order valence-corrected chi connectivity index (χ4v) is 17.4. The zero-order valence-electron chi connectivity index (χ0n) is 45.9. The van der Waals surface area contributed by atoms with E-state index in [0.717, 1.165) is 125 Å². The third-order valence-electron chi connectivity index (χ3n) is 18.4. The first kappa shape index (κ1) is 54.1. The van der Waals surface area contributed by atoms with Gasteiger partial charge in [-0.1, -0.05) is 94.6 Å². The highest BCUT2D eigenvalue weighted by atomic mass is 33.1. The number of methoxy groups -OCH3 is 2. The maximum Gasteiger partial charge on any atom is 0.302 e. The lowest BCUT2D eigenvalue weighted by Crippen LogP contribution is -2.49. The summed E-state index contributed by atoms with van der Waals surface area (Å²) >= 11 is 0. The van der Waals surface area contributed by atoms with Gasteiger partial charge < -0.3 is 55.6 Å². The van der Waals surface area contributed by atoms with Gasteiger partial charge in [0.25, 0.3) is 0 Å². The Labute approximate surface area is 473 Å². The number of hydrogen-bond donors (Lipinski definition) is 6. The molecule has 3 fully saturated rings. The first-order valence-corrected chi connectivity index (χ1v) is 31.4. The molecule has 5 heterocycles. The van der Waals surface area contributed by atoms with Gasteiger partial charge in [-0.2, -0.15) is 0 Å². The first-order chi connectivity index (χ1) is 38.6. The van der Waals surface area contributed by atoms with E-state index < -0.39 is 23.6 Å². The molecule has 4 aromatic carbocycles. The minimum atomic E-state index is -0.685. The fourth-order valence-electron chi connectivity index (χ4n) is 14.8. The molecule has 12 nitrogen and oxygen atoms in total. The van der Waals surface area contributed by atoms with Crippen molar-refractivity contribution in [2.75, 3.05) is 45.5 Å². The molecule has 1 spiro atoms. The zero-order chi connectivity index (χ0) is 54.2. The second-order valence-electron chi connectivity index (χ2n) is 23.3. The number of esters is 1. The van der Waals surface area contributed by atoms with Crippen LogP contribution in [0.4, 0.5) is 0 Å². The third kappa shape index (κ3) is 10.8. The van der Waals surface area contributed by atoms with E-state index in [-0.39, 0.29) is 54.5 Å². The summed E-state index contributed by atoms with van der Waals surface area (Å²) in [4.78, 5) is 13.1. The Hall–Kier alpha value is -5.53. The van der Waals surface area contributed by atoms with E-state index >= 15 is 0 Å². The molecule has 1 unspecified atom stereocenters.